The van der Waals surface area contributed by atoms with Gasteiger partial charge in [0, 0.05) is 23.6 Å². The lowest BCUT2D eigenvalue weighted by atomic mass is 10.2. The van der Waals surface area contributed by atoms with Gasteiger partial charge in [-0.1, -0.05) is 11.2 Å². The number of alkyl halides is 1. The molecule has 0 aliphatic rings. The molecule has 1 aromatic heterocycles. The van der Waals surface area contributed by atoms with Gasteiger partial charge in [0.05, 0.1) is 0 Å². The molecule has 7 heteroatoms. The zero-order chi connectivity index (χ0) is 13.0. The molecule has 0 radical (unpaired) electrons. The largest absolute Gasteiger partial charge is 0.408 e. The fraction of sp³-hybridized carbons (Fsp3) is 0.182. The fourth-order valence-electron chi connectivity index (χ4n) is 1.36. The van der Waals surface area contributed by atoms with Crippen LogP contribution in [-0.2, 0) is 6.42 Å². The highest BCUT2D eigenvalue weighted by atomic mass is 35.5. The first-order valence-electron chi connectivity index (χ1n) is 5.24. The molecule has 2 aromatic rings. The summed E-state index contributed by atoms with van der Waals surface area (Å²) in [6, 6.07) is 6.95. The monoisotopic (exact) mass is 266 g/mol. The van der Waals surface area contributed by atoms with Crippen LogP contribution >= 0.6 is 11.6 Å². The van der Waals surface area contributed by atoms with E-state index in [2.05, 4.69) is 15.5 Å². The minimum atomic E-state index is -0.494. The number of primary amides is 1. The molecule has 2 rings (SSSR count). The van der Waals surface area contributed by atoms with Crippen molar-refractivity contribution in [2.75, 3.05) is 11.2 Å². The molecule has 0 atom stereocenters. The van der Waals surface area contributed by atoms with E-state index in [4.69, 9.17) is 21.8 Å². The van der Waals surface area contributed by atoms with Crippen molar-refractivity contribution < 1.29 is 9.21 Å². The van der Waals surface area contributed by atoms with Gasteiger partial charge in [-0.15, -0.1) is 16.7 Å². The van der Waals surface area contributed by atoms with Gasteiger partial charge in [-0.3, -0.25) is 4.79 Å². The Morgan fingerprint density at radius 3 is 3.00 bits per heavy atom. The molecule has 0 fully saturated rings. The highest BCUT2D eigenvalue weighted by Gasteiger charge is 2.07. The minimum absolute atomic E-state index is 0.247. The van der Waals surface area contributed by atoms with Crippen molar-refractivity contribution in [3.8, 4) is 0 Å². The molecule has 0 saturated carbocycles. The molecule has 6 nitrogen and oxygen atoms in total. The van der Waals surface area contributed by atoms with Crippen molar-refractivity contribution in [3.63, 3.8) is 0 Å². The molecular weight excluding hydrogens is 256 g/mol. The standard InChI is InChI=1S/C11H11ClN4O2/c12-5-4-9-15-16-11(18-9)14-8-3-1-2-7(6-8)10(13)17/h1-3,6H,4-5H2,(H2,13,17)(H,14,16). The molecule has 0 saturated heterocycles. The van der Waals surface area contributed by atoms with Gasteiger partial charge in [-0.05, 0) is 18.2 Å². The maximum Gasteiger partial charge on any atom is 0.320 e. The molecule has 94 valence electrons. The van der Waals surface area contributed by atoms with Crippen LogP contribution in [0.4, 0.5) is 11.7 Å². The third-order valence-electron chi connectivity index (χ3n) is 2.17. The predicted molar refractivity (Wildman–Crippen MR) is 67.0 cm³/mol. The number of halogens is 1. The van der Waals surface area contributed by atoms with Crippen LogP contribution in [0.1, 0.15) is 16.2 Å². The number of nitrogens with zero attached hydrogens (tertiary/aromatic N) is 2. The van der Waals surface area contributed by atoms with Gasteiger partial charge >= 0.3 is 6.01 Å². The van der Waals surface area contributed by atoms with E-state index in [1.165, 1.54) is 0 Å². The number of amides is 1. The van der Waals surface area contributed by atoms with Crippen LogP contribution < -0.4 is 11.1 Å². The molecule has 1 aromatic carbocycles. The van der Waals surface area contributed by atoms with Gasteiger partial charge in [0.25, 0.3) is 0 Å². The van der Waals surface area contributed by atoms with E-state index in [1.54, 1.807) is 24.3 Å². The van der Waals surface area contributed by atoms with Crippen LogP contribution in [0.3, 0.4) is 0 Å². The number of nitrogens with one attached hydrogen (secondary N) is 1. The lowest BCUT2D eigenvalue weighted by Gasteiger charge is -2.02. The Hall–Kier alpha value is -2.08. The normalized spacial score (nSPS) is 10.3. The number of aryl methyl sites for hydroxylation is 1. The average molecular weight is 267 g/mol. The summed E-state index contributed by atoms with van der Waals surface area (Å²) in [5, 5.41) is 10.5. The summed E-state index contributed by atoms with van der Waals surface area (Å²) in [5.41, 5.74) is 6.24. The van der Waals surface area contributed by atoms with Gasteiger partial charge in [-0.25, -0.2) is 0 Å². The van der Waals surface area contributed by atoms with Crippen molar-refractivity contribution >= 4 is 29.2 Å². The van der Waals surface area contributed by atoms with Crippen molar-refractivity contribution in [1.29, 1.82) is 0 Å². The molecule has 0 aliphatic carbocycles. The first-order valence-corrected chi connectivity index (χ1v) is 5.77. The molecule has 0 bridgehead atoms. The lowest BCUT2D eigenvalue weighted by molar-refractivity contribution is 0.100. The van der Waals surface area contributed by atoms with Crippen LogP contribution in [0.5, 0.6) is 0 Å². The Morgan fingerprint density at radius 1 is 1.44 bits per heavy atom. The van der Waals surface area contributed by atoms with Crippen LogP contribution in [0.15, 0.2) is 28.7 Å². The van der Waals surface area contributed by atoms with Crippen molar-refractivity contribution in [1.82, 2.24) is 10.2 Å². The summed E-state index contributed by atoms with van der Waals surface area (Å²) in [6.45, 7) is 0. The minimum Gasteiger partial charge on any atom is -0.408 e. The van der Waals surface area contributed by atoms with Gasteiger partial charge in [0.1, 0.15) is 0 Å². The second-order valence-electron chi connectivity index (χ2n) is 3.51. The number of anilines is 2. The highest BCUT2D eigenvalue weighted by molar-refractivity contribution is 6.17. The highest BCUT2D eigenvalue weighted by Crippen LogP contribution is 2.16. The van der Waals surface area contributed by atoms with Gasteiger partial charge in [0.15, 0.2) is 0 Å². The lowest BCUT2D eigenvalue weighted by Crippen LogP contribution is -2.10. The summed E-state index contributed by atoms with van der Waals surface area (Å²) < 4.78 is 5.29. The van der Waals surface area contributed by atoms with Crippen molar-refractivity contribution in [2.24, 2.45) is 5.73 Å². The van der Waals surface area contributed by atoms with E-state index in [9.17, 15) is 4.79 Å². The number of hydrogen-bond acceptors (Lipinski definition) is 5. The maximum atomic E-state index is 11.0. The Kier molecular flexibility index (Phi) is 3.78. The predicted octanol–water partition coefficient (Wildman–Crippen LogP) is 1.69. The third kappa shape index (κ3) is 2.98. The first kappa shape index (κ1) is 12.4. The zero-order valence-corrected chi connectivity index (χ0v) is 10.1. The molecule has 1 amide bonds. The van der Waals surface area contributed by atoms with Crippen molar-refractivity contribution in [3.05, 3.63) is 35.7 Å². The van der Waals surface area contributed by atoms with Gasteiger partial charge < -0.3 is 15.5 Å². The second kappa shape index (κ2) is 5.50. The molecular formula is C11H11ClN4O2. The summed E-state index contributed by atoms with van der Waals surface area (Å²) >= 11 is 5.56. The van der Waals surface area contributed by atoms with Crippen molar-refractivity contribution in [2.45, 2.75) is 6.42 Å². The maximum absolute atomic E-state index is 11.0. The van der Waals surface area contributed by atoms with E-state index in [0.717, 1.165) is 0 Å². The third-order valence-corrected chi connectivity index (χ3v) is 2.36. The second-order valence-corrected chi connectivity index (χ2v) is 3.89. The summed E-state index contributed by atoms with van der Waals surface area (Å²) in [5.74, 6) is 0.379. The topological polar surface area (TPSA) is 94.0 Å². The Bertz CT molecular complexity index is 555. The smallest absolute Gasteiger partial charge is 0.320 e. The van der Waals surface area contributed by atoms with E-state index >= 15 is 0 Å². The zero-order valence-electron chi connectivity index (χ0n) is 9.39. The number of carbonyl (C=O) groups excluding carboxylic acids is 1. The fourth-order valence-corrected chi connectivity index (χ4v) is 1.52. The van der Waals surface area contributed by atoms with Gasteiger partial charge in [0.2, 0.25) is 11.8 Å². The molecule has 3 N–H and O–H groups in total. The quantitative estimate of drug-likeness (QED) is 0.803. The molecule has 1 heterocycles. The average Bonchev–Trinajstić information content (AvgIpc) is 2.77. The Labute approximate surface area is 108 Å². The Balaban J connectivity index is 2.12. The summed E-state index contributed by atoms with van der Waals surface area (Å²) in [6.07, 6.45) is 0.511. The molecule has 18 heavy (non-hydrogen) atoms. The number of rotatable bonds is 5. The summed E-state index contributed by atoms with van der Waals surface area (Å²) in [7, 11) is 0. The number of benzene rings is 1. The molecule has 0 spiro atoms. The van der Waals surface area contributed by atoms with E-state index in [0.29, 0.717) is 29.4 Å². The number of carbonyl (C=O) groups is 1. The van der Waals surface area contributed by atoms with E-state index in [1.807, 2.05) is 0 Å². The molecule has 0 aliphatic heterocycles. The van der Waals surface area contributed by atoms with Crippen LogP contribution in [0.25, 0.3) is 0 Å². The van der Waals surface area contributed by atoms with Crippen LogP contribution in [0.2, 0.25) is 0 Å². The number of hydrogen-bond donors (Lipinski definition) is 2. The van der Waals surface area contributed by atoms with E-state index < -0.39 is 5.91 Å². The Morgan fingerprint density at radius 2 is 2.28 bits per heavy atom. The summed E-state index contributed by atoms with van der Waals surface area (Å²) in [4.78, 5) is 11.0. The molecule has 0 unspecified atom stereocenters. The van der Waals surface area contributed by atoms with Crippen LogP contribution in [-0.4, -0.2) is 22.0 Å². The number of aromatic nitrogens is 2. The van der Waals surface area contributed by atoms with E-state index in [-0.39, 0.29) is 6.01 Å². The van der Waals surface area contributed by atoms with Crippen LogP contribution in [0, 0.1) is 0 Å². The SMILES string of the molecule is NC(=O)c1cccc(Nc2nnc(CCCl)o2)c1. The van der Waals surface area contributed by atoms with Gasteiger partial charge in [-0.2, -0.15) is 0 Å². The first-order chi connectivity index (χ1) is 8.69. The number of nitrogens with two attached hydrogens (primary N) is 1.